The van der Waals surface area contributed by atoms with Crippen LogP contribution in [0.25, 0.3) is 0 Å². The number of nitrogens with one attached hydrogen (secondary N) is 3. The van der Waals surface area contributed by atoms with E-state index in [4.69, 9.17) is 9.47 Å². The van der Waals surface area contributed by atoms with E-state index in [1.807, 2.05) is 56.3 Å². The number of methoxy groups -OCH3 is 1. The van der Waals surface area contributed by atoms with Gasteiger partial charge in [-0.25, -0.2) is 4.98 Å². The Kier molecular flexibility index (Phi) is 7.05. The van der Waals surface area contributed by atoms with Crippen LogP contribution >= 0.6 is 0 Å². The summed E-state index contributed by atoms with van der Waals surface area (Å²) in [6, 6.07) is 16.4. The normalized spacial score (nSPS) is 10.2. The maximum Gasteiger partial charge on any atom is 0.262 e. The third kappa shape index (κ3) is 5.84. The van der Waals surface area contributed by atoms with Crippen LogP contribution in [-0.2, 0) is 4.79 Å². The number of anilines is 4. The molecule has 0 aliphatic carbocycles. The number of carbonyl (C=O) groups excluding carboxylic acids is 1. The summed E-state index contributed by atoms with van der Waals surface area (Å²) >= 11 is 0. The summed E-state index contributed by atoms with van der Waals surface area (Å²) in [4.78, 5) is 20.9. The molecule has 0 radical (unpaired) electrons. The molecule has 30 heavy (non-hydrogen) atoms. The molecule has 0 unspecified atom stereocenters. The molecular formula is C22H25N5O3. The molecule has 0 fully saturated rings. The number of amides is 1. The van der Waals surface area contributed by atoms with Gasteiger partial charge in [0.15, 0.2) is 18.1 Å². The van der Waals surface area contributed by atoms with Gasteiger partial charge in [0.2, 0.25) is 5.95 Å². The highest BCUT2D eigenvalue weighted by molar-refractivity contribution is 5.92. The molecule has 3 rings (SSSR count). The van der Waals surface area contributed by atoms with Crippen molar-refractivity contribution in [2.24, 2.45) is 0 Å². The van der Waals surface area contributed by atoms with Crippen molar-refractivity contribution < 1.29 is 14.3 Å². The maximum absolute atomic E-state index is 12.2. The zero-order valence-electron chi connectivity index (χ0n) is 17.2. The largest absolute Gasteiger partial charge is 0.493 e. The Morgan fingerprint density at radius 3 is 2.40 bits per heavy atom. The predicted molar refractivity (Wildman–Crippen MR) is 118 cm³/mol. The minimum Gasteiger partial charge on any atom is -0.493 e. The minimum atomic E-state index is -0.261. The number of ether oxygens (including phenoxy) is 2. The lowest BCUT2D eigenvalue weighted by molar-refractivity contribution is -0.118. The van der Waals surface area contributed by atoms with Crippen LogP contribution in [0.1, 0.15) is 12.6 Å². The highest BCUT2D eigenvalue weighted by Gasteiger charge is 2.08. The Bertz CT molecular complexity index is 992. The van der Waals surface area contributed by atoms with Crippen molar-refractivity contribution in [3.8, 4) is 11.5 Å². The number of rotatable bonds is 9. The van der Waals surface area contributed by atoms with Crippen molar-refractivity contribution in [3.63, 3.8) is 0 Å². The fourth-order valence-electron chi connectivity index (χ4n) is 2.73. The molecular weight excluding hydrogens is 382 g/mol. The van der Waals surface area contributed by atoms with Gasteiger partial charge < -0.3 is 25.4 Å². The highest BCUT2D eigenvalue weighted by Crippen LogP contribution is 2.25. The average molecular weight is 407 g/mol. The number of aryl methyl sites for hydroxylation is 1. The molecule has 0 spiro atoms. The number of para-hydroxylation sites is 2. The SMILES string of the molecule is CCNc1nc(C)cc(Nc2ccc(NC(=O)COc3ccccc3OC)cc2)n1. The van der Waals surface area contributed by atoms with Crippen LogP contribution in [0.4, 0.5) is 23.1 Å². The summed E-state index contributed by atoms with van der Waals surface area (Å²) in [6.45, 7) is 4.54. The molecule has 0 atom stereocenters. The second-order valence-corrected chi connectivity index (χ2v) is 6.44. The molecule has 1 amide bonds. The van der Waals surface area contributed by atoms with Gasteiger partial charge in [0.25, 0.3) is 5.91 Å². The first kappa shape index (κ1) is 20.9. The summed E-state index contributed by atoms with van der Waals surface area (Å²) in [5, 5.41) is 9.16. The van der Waals surface area contributed by atoms with Gasteiger partial charge in [0.05, 0.1) is 7.11 Å². The van der Waals surface area contributed by atoms with Crippen molar-refractivity contribution in [3.05, 3.63) is 60.3 Å². The van der Waals surface area contributed by atoms with E-state index in [9.17, 15) is 4.79 Å². The molecule has 0 aliphatic rings. The van der Waals surface area contributed by atoms with Gasteiger partial charge in [-0.05, 0) is 50.2 Å². The second-order valence-electron chi connectivity index (χ2n) is 6.44. The number of carbonyl (C=O) groups is 1. The first-order chi connectivity index (χ1) is 14.6. The molecule has 8 heteroatoms. The Morgan fingerprint density at radius 2 is 1.70 bits per heavy atom. The molecule has 1 aromatic heterocycles. The number of nitrogens with zero attached hydrogens (tertiary/aromatic N) is 2. The highest BCUT2D eigenvalue weighted by atomic mass is 16.5. The third-order valence-electron chi connectivity index (χ3n) is 4.06. The van der Waals surface area contributed by atoms with E-state index in [1.54, 1.807) is 19.2 Å². The average Bonchev–Trinajstić information content (AvgIpc) is 2.74. The van der Waals surface area contributed by atoms with E-state index in [2.05, 4.69) is 25.9 Å². The molecule has 0 saturated heterocycles. The smallest absolute Gasteiger partial charge is 0.262 e. The Labute approximate surface area is 175 Å². The van der Waals surface area contributed by atoms with E-state index >= 15 is 0 Å². The fourth-order valence-corrected chi connectivity index (χ4v) is 2.73. The van der Waals surface area contributed by atoms with Crippen LogP contribution in [0.3, 0.4) is 0 Å². The van der Waals surface area contributed by atoms with Gasteiger partial charge in [0, 0.05) is 29.7 Å². The summed E-state index contributed by atoms with van der Waals surface area (Å²) in [5.74, 6) is 2.12. The van der Waals surface area contributed by atoms with E-state index in [1.165, 1.54) is 0 Å². The lowest BCUT2D eigenvalue weighted by atomic mass is 10.2. The molecule has 3 N–H and O–H groups in total. The monoisotopic (exact) mass is 407 g/mol. The van der Waals surface area contributed by atoms with Crippen molar-refractivity contribution >= 4 is 29.0 Å². The Morgan fingerprint density at radius 1 is 1.00 bits per heavy atom. The zero-order chi connectivity index (χ0) is 21.3. The summed E-state index contributed by atoms with van der Waals surface area (Å²) in [5.41, 5.74) is 2.38. The van der Waals surface area contributed by atoms with Crippen molar-refractivity contribution in [2.75, 3.05) is 36.2 Å². The standard InChI is InChI=1S/C22H25N5O3/c1-4-23-22-24-15(2)13-20(27-22)25-16-9-11-17(12-10-16)26-21(28)14-30-19-8-6-5-7-18(19)29-3/h5-13H,4,14H2,1-3H3,(H,26,28)(H2,23,24,25,27). The number of hydrogen-bond donors (Lipinski definition) is 3. The Balaban J connectivity index is 1.56. The molecule has 1 heterocycles. The molecule has 156 valence electrons. The predicted octanol–water partition coefficient (Wildman–Crippen LogP) is 3.99. The molecule has 3 aromatic rings. The first-order valence-corrected chi connectivity index (χ1v) is 9.59. The summed E-state index contributed by atoms with van der Waals surface area (Å²) in [7, 11) is 1.56. The van der Waals surface area contributed by atoms with Gasteiger partial charge >= 0.3 is 0 Å². The van der Waals surface area contributed by atoms with E-state index < -0.39 is 0 Å². The van der Waals surface area contributed by atoms with Gasteiger partial charge in [-0.2, -0.15) is 4.98 Å². The van der Waals surface area contributed by atoms with Gasteiger partial charge in [-0.15, -0.1) is 0 Å². The third-order valence-corrected chi connectivity index (χ3v) is 4.06. The fraction of sp³-hybridized carbons (Fsp3) is 0.227. The molecule has 2 aromatic carbocycles. The van der Waals surface area contributed by atoms with Crippen molar-refractivity contribution in [1.29, 1.82) is 0 Å². The molecule has 8 nitrogen and oxygen atoms in total. The van der Waals surface area contributed by atoms with Crippen LogP contribution in [0.2, 0.25) is 0 Å². The van der Waals surface area contributed by atoms with Gasteiger partial charge in [0.1, 0.15) is 5.82 Å². The van der Waals surface area contributed by atoms with Crippen molar-refractivity contribution in [1.82, 2.24) is 9.97 Å². The van der Waals surface area contributed by atoms with Crippen LogP contribution in [-0.4, -0.2) is 36.1 Å². The first-order valence-electron chi connectivity index (χ1n) is 9.59. The lowest BCUT2D eigenvalue weighted by Gasteiger charge is -2.11. The van der Waals surface area contributed by atoms with E-state index in [-0.39, 0.29) is 12.5 Å². The van der Waals surface area contributed by atoms with Gasteiger partial charge in [-0.3, -0.25) is 4.79 Å². The van der Waals surface area contributed by atoms with E-state index in [0.29, 0.717) is 29.0 Å². The minimum absolute atomic E-state index is 0.117. The van der Waals surface area contributed by atoms with Crippen LogP contribution in [0.5, 0.6) is 11.5 Å². The van der Waals surface area contributed by atoms with Crippen LogP contribution < -0.4 is 25.4 Å². The summed E-state index contributed by atoms with van der Waals surface area (Å²) in [6.07, 6.45) is 0. The zero-order valence-corrected chi connectivity index (χ0v) is 17.2. The maximum atomic E-state index is 12.2. The molecule has 0 bridgehead atoms. The van der Waals surface area contributed by atoms with Crippen molar-refractivity contribution in [2.45, 2.75) is 13.8 Å². The number of benzene rings is 2. The second kappa shape index (κ2) is 10.1. The van der Waals surface area contributed by atoms with Crippen LogP contribution in [0.15, 0.2) is 54.6 Å². The number of aromatic nitrogens is 2. The van der Waals surface area contributed by atoms with Gasteiger partial charge in [-0.1, -0.05) is 12.1 Å². The lowest BCUT2D eigenvalue weighted by Crippen LogP contribution is -2.20. The quantitative estimate of drug-likeness (QED) is 0.493. The van der Waals surface area contributed by atoms with E-state index in [0.717, 1.165) is 17.9 Å². The molecule has 0 saturated carbocycles. The Hall–Kier alpha value is -3.81. The molecule has 0 aliphatic heterocycles. The number of hydrogen-bond acceptors (Lipinski definition) is 7. The van der Waals surface area contributed by atoms with Crippen LogP contribution in [0, 0.1) is 6.92 Å². The topological polar surface area (TPSA) is 97.4 Å². The summed E-state index contributed by atoms with van der Waals surface area (Å²) < 4.78 is 10.7.